The van der Waals surface area contributed by atoms with Gasteiger partial charge in [0.2, 0.25) is 0 Å². The summed E-state index contributed by atoms with van der Waals surface area (Å²) < 4.78 is 23.6. The van der Waals surface area contributed by atoms with Gasteiger partial charge in [-0.05, 0) is 79.5 Å². The molecule has 1 fully saturated rings. The van der Waals surface area contributed by atoms with Crippen LogP contribution in [-0.2, 0) is 11.3 Å². The predicted molar refractivity (Wildman–Crippen MR) is 157 cm³/mol. The van der Waals surface area contributed by atoms with Crippen molar-refractivity contribution in [1.29, 1.82) is 5.26 Å². The van der Waals surface area contributed by atoms with Crippen molar-refractivity contribution in [1.82, 2.24) is 34.9 Å². The lowest BCUT2D eigenvalue weighted by molar-refractivity contribution is -0.0123. The Bertz CT molecular complexity index is 1620. The monoisotopic (exact) mass is 673 g/mol. The van der Waals surface area contributed by atoms with E-state index in [-0.39, 0.29) is 18.5 Å². The molecule has 0 bridgehead atoms. The normalized spacial score (nSPS) is 17.5. The second-order valence-corrected chi connectivity index (χ2v) is 11.6. The number of pyridine rings is 1. The molecule has 0 spiro atoms. The molecule has 4 heterocycles. The Hall–Kier alpha value is -3.84. The van der Waals surface area contributed by atoms with E-state index in [4.69, 9.17) is 9.72 Å². The third-order valence-electron chi connectivity index (χ3n) is 7.08. The lowest BCUT2D eigenvalue weighted by Crippen LogP contribution is -2.39. The summed E-state index contributed by atoms with van der Waals surface area (Å²) in [7, 11) is 1.53. The highest BCUT2D eigenvalue weighted by molar-refractivity contribution is 14.1. The standard InChI is InChI=1S/C27H29FIN9O3/c1-27(2,40)23(28)13-37-25(29)24(35-36-37)19-12-32-21(22-5-4-18-8-16(10-30)11-33-38(18)22)9-20(19)34-17-6-15(7-17)14-41-26(39)31-3/h4-5,8-9,11-12,15,17,23,40H,6-7,13-14H2,1-3H3,(H,31,39)(H,32,34)/t15?,17?,23-/m1/s1. The highest BCUT2D eigenvalue weighted by Crippen LogP contribution is 2.37. The number of aliphatic hydroxyl groups is 1. The van der Waals surface area contributed by atoms with E-state index in [0.29, 0.717) is 32.8 Å². The maximum atomic E-state index is 14.6. The van der Waals surface area contributed by atoms with Gasteiger partial charge in [0.25, 0.3) is 0 Å². The first-order chi connectivity index (χ1) is 19.6. The molecule has 0 saturated heterocycles. The molecule has 0 radical (unpaired) electrons. The molecule has 1 aliphatic carbocycles. The first-order valence-corrected chi connectivity index (χ1v) is 14.1. The quantitative estimate of drug-likeness (QED) is 0.225. The minimum absolute atomic E-state index is 0.126. The zero-order chi connectivity index (χ0) is 29.3. The summed E-state index contributed by atoms with van der Waals surface area (Å²) in [6, 6.07) is 9.66. The molecule has 0 aliphatic heterocycles. The molecule has 1 aliphatic rings. The number of anilines is 1. The van der Waals surface area contributed by atoms with Crippen LogP contribution in [0, 0.1) is 20.9 Å². The van der Waals surface area contributed by atoms with Crippen molar-refractivity contribution in [3.05, 3.63) is 45.9 Å². The van der Waals surface area contributed by atoms with Gasteiger partial charge in [-0.1, -0.05) is 5.21 Å². The molecule has 14 heteroatoms. The molecule has 214 valence electrons. The van der Waals surface area contributed by atoms with Crippen LogP contribution < -0.4 is 10.6 Å². The van der Waals surface area contributed by atoms with Crippen molar-refractivity contribution in [2.24, 2.45) is 5.92 Å². The number of rotatable bonds is 9. The number of hydrogen-bond donors (Lipinski definition) is 3. The number of carbonyl (C=O) groups excluding carboxylic acids is 1. The van der Waals surface area contributed by atoms with E-state index in [1.807, 2.05) is 18.2 Å². The number of halogens is 2. The second kappa shape index (κ2) is 11.6. The predicted octanol–water partition coefficient (Wildman–Crippen LogP) is 3.79. The fourth-order valence-electron chi connectivity index (χ4n) is 4.59. The summed E-state index contributed by atoms with van der Waals surface area (Å²) >= 11 is 2.08. The van der Waals surface area contributed by atoms with Gasteiger partial charge in [0.1, 0.15) is 21.6 Å². The Morgan fingerprint density at radius 3 is 2.83 bits per heavy atom. The smallest absolute Gasteiger partial charge is 0.406 e. The highest BCUT2D eigenvalue weighted by Gasteiger charge is 2.32. The van der Waals surface area contributed by atoms with E-state index in [1.54, 1.807) is 16.8 Å². The van der Waals surface area contributed by atoms with Crippen LogP contribution in [0.25, 0.3) is 28.2 Å². The molecule has 1 atom stereocenters. The lowest BCUT2D eigenvalue weighted by Gasteiger charge is -2.36. The number of alkyl carbamates (subject to hydrolysis) is 1. The highest BCUT2D eigenvalue weighted by atomic mass is 127. The van der Waals surface area contributed by atoms with Crippen molar-refractivity contribution < 1.29 is 19.0 Å². The van der Waals surface area contributed by atoms with Crippen LogP contribution in [0.4, 0.5) is 14.9 Å². The van der Waals surface area contributed by atoms with Crippen LogP contribution in [0.2, 0.25) is 0 Å². The molecule has 4 aromatic heterocycles. The average Bonchev–Trinajstić information content (AvgIpc) is 3.51. The van der Waals surface area contributed by atoms with E-state index < -0.39 is 17.9 Å². The maximum absolute atomic E-state index is 14.6. The van der Waals surface area contributed by atoms with Gasteiger partial charge in [-0.2, -0.15) is 10.4 Å². The SMILES string of the molecule is CNC(=O)OCC1CC(Nc2cc(-c3ccc4cc(C#N)cnn34)ncc2-c2nnn(C[C@@H](F)C(C)(C)O)c2I)C1. The van der Waals surface area contributed by atoms with Crippen molar-refractivity contribution in [2.45, 2.75) is 51.0 Å². The van der Waals surface area contributed by atoms with Gasteiger partial charge in [0.15, 0.2) is 0 Å². The third-order valence-corrected chi connectivity index (χ3v) is 8.14. The lowest BCUT2D eigenvalue weighted by atomic mass is 9.80. The first kappa shape index (κ1) is 28.7. The molecule has 4 aromatic rings. The zero-order valence-electron chi connectivity index (χ0n) is 22.7. The number of fused-ring (bicyclic) bond motifs is 1. The fourth-order valence-corrected chi connectivity index (χ4v) is 5.28. The maximum Gasteiger partial charge on any atom is 0.406 e. The van der Waals surface area contributed by atoms with Gasteiger partial charge < -0.3 is 20.5 Å². The third kappa shape index (κ3) is 6.10. The van der Waals surface area contributed by atoms with E-state index >= 15 is 0 Å². The second-order valence-electron chi connectivity index (χ2n) is 10.6. The first-order valence-electron chi connectivity index (χ1n) is 13.0. The van der Waals surface area contributed by atoms with Crippen LogP contribution in [-0.4, -0.2) is 72.3 Å². The van der Waals surface area contributed by atoms with Crippen LogP contribution in [0.3, 0.4) is 0 Å². The summed E-state index contributed by atoms with van der Waals surface area (Å²) in [5, 5.41) is 38.2. The largest absolute Gasteiger partial charge is 0.449 e. The van der Waals surface area contributed by atoms with E-state index in [1.165, 1.54) is 31.8 Å². The Kier molecular flexibility index (Phi) is 8.09. The number of nitrogens with one attached hydrogen (secondary N) is 2. The molecule has 12 nitrogen and oxygen atoms in total. The Morgan fingerprint density at radius 2 is 2.12 bits per heavy atom. The Balaban J connectivity index is 1.46. The van der Waals surface area contributed by atoms with Gasteiger partial charge in [-0.15, -0.1) is 5.10 Å². The van der Waals surface area contributed by atoms with E-state index in [2.05, 4.69) is 54.7 Å². The number of hydrogen-bond acceptors (Lipinski definition) is 9. The number of nitrogens with zero attached hydrogens (tertiary/aromatic N) is 7. The van der Waals surface area contributed by atoms with Gasteiger partial charge in [0, 0.05) is 30.5 Å². The number of alkyl halides is 1. The number of amides is 1. The Morgan fingerprint density at radius 1 is 1.34 bits per heavy atom. The molecule has 1 amide bonds. The van der Waals surface area contributed by atoms with Gasteiger partial charge in [-0.3, -0.25) is 4.98 Å². The molecule has 1 saturated carbocycles. The summed E-state index contributed by atoms with van der Waals surface area (Å²) in [6.45, 7) is 3.03. The van der Waals surface area contributed by atoms with E-state index in [0.717, 1.165) is 29.7 Å². The summed E-state index contributed by atoms with van der Waals surface area (Å²) in [5.41, 5.74) is 3.09. The summed E-state index contributed by atoms with van der Waals surface area (Å²) in [5.74, 6) is 0.243. The van der Waals surface area contributed by atoms with Crippen molar-refractivity contribution in [3.63, 3.8) is 0 Å². The summed E-state index contributed by atoms with van der Waals surface area (Å²) in [4.78, 5) is 16.1. The summed E-state index contributed by atoms with van der Waals surface area (Å²) in [6.07, 6.45) is 2.83. The molecule has 41 heavy (non-hydrogen) atoms. The van der Waals surface area contributed by atoms with Crippen molar-refractivity contribution >= 4 is 39.9 Å². The minimum Gasteiger partial charge on any atom is -0.449 e. The molecular formula is C27H29FIN9O3. The number of aromatic nitrogens is 6. The Labute approximate surface area is 249 Å². The molecule has 5 rings (SSSR count). The van der Waals surface area contributed by atoms with Crippen molar-refractivity contribution in [2.75, 3.05) is 19.0 Å². The molecule has 3 N–H and O–H groups in total. The van der Waals surface area contributed by atoms with Gasteiger partial charge >= 0.3 is 6.09 Å². The van der Waals surface area contributed by atoms with Gasteiger partial charge in [0.05, 0.1) is 47.4 Å². The van der Waals surface area contributed by atoms with Crippen LogP contribution in [0.5, 0.6) is 0 Å². The van der Waals surface area contributed by atoms with Gasteiger partial charge in [-0.25, -0.2) is 18.4 Å². The number of carbonyl (C=O) groups is 1. The van der Waals surface area contributed by atoms with Crippen LogP contribution in [0.15, 0.2) is 36.7 Å². The number of ether oxygens (including phenoxy) is 1. The topological polar surface area (TPSA) is 155 Å². The number of nitriles is 1. The fraction of sp³-hybridized carbons (Fsp3) is 0.407. The molecular weight excluding hydrogens is 644 g/mol. The average molecular weight is 673 g/mol. The minimum atomic E-state index is -1.54. The van der Waals surface area contributed by atoms with E-state index in [9.17, 15) is 19.6 Å². The zero-order valence-corrected chi connectivity index (χ0v) is 24.8. The molecule has 0 unspecified atom stereocenters. The van der Waals surface area contributed by atoms with Crippen molar-refractivity contribution in [3.8, 4) is 28.7 Å². The van der Waals surface area contributed by atoms with Crippen LogP contribution in [0.1, 0.15) is 32.3 Å². The molecule has 0 aromatic carbocycles. The van der Waals surface area contributed by atoms with Crippen LogP contribution >= 0.6 is 22.6 Å².